The van der Waals surface area contributed by atoms with E-state index < -0.39 is 0 Å². The predicted molar refractivity (Wildman–Crippen MR) is 90.8 cm³/mol. The van der Waals surface area contributed by atoms with Gasteiger partial charge in [0, 0.05) is 18.2 Å². The zero-order valence-electron chi connectivity index (χ0n) is 13.4. The number of aromatic amines is 1. The molecular weight excluding hydrogens is 302 g/mol. The molecule has 1 aliphatic rings. The highest BCUT2D eigenvalue weighted by atomic mass is 16.3. The average molecular weight is 319 g/mol. The maximum atomic E-state index is 12.6. The Balaban J connectivity index is 1.90. The number of fused-ring (bicyclic) bond motifs is 1. The number of aryl methyl sites for hydroxylation is 1. The largest absolute Gasteiger partial charge is 0.508 e. The molecule has 1 atom stereocenters. The summed E-state index contributed by atoms with van der Waals surface area (Å²) in [5.74, 6) is 0.0892. The van der Waals surface area contributed by atoms with Gasteiger partial charge < -0.3 is 10.0 Å². The fourth-order valence-electron chi connectivity index (χ4n) is 3.28. The number of hydrogen-bond acceptors (Lipinski definition) is 3. The number of aromatic hydroxyl groups is 1. The summed E-state index contributed by atoms with van der Waals surface area (Å²) < 4.78 is 0. The third-order valence-electron chi connectivity index (χ3n) is 4.51. The van der Waals surface area contributed by atoms with Gasteiger partial charge in [-0.15, -0.1) is 0 Å². The summed E-state index contributed by atoms with van der Waals surface area (Å²) in [6.07, 6.45) is 0. The van der Waals surface area contributed by atoms with Crippen LogP contribution in [0.3, 0.4) is 0 Å². The first-order valence-corrected chi connectivity index (χ1v) is 7.77. The van der Waals surface area contributed by atoms with Crippen LogP contribution in [-0.2, 0) is 0 Å². The van der Waals surface area contributed by atoms with Crippen molar-refractivity contribution in [2.45, 2.75) is 13.0 Å². The molecule has 2 heterocycles. The van der Waals surface area contributed by atoms with E-state index in [-0.39, 0.29) is 17.7 Å². The monoisotopic (exact) mass is 319 g/mol. The zero-order valence-corrected chi connectivity index (χ0v) is 13.4. The molecule has 5 nitrogen and oxygen atoms in total. The summed E-state index contributed by atoms with van der Waals surface area (Å²) in [6, 6.07) is 14.8. The maximum Gasteiger partial charge on any atom is 0.272 e. The van der Waals surface area contributed by atoms with Crippen LogP contribution in [0.4, 0.5) is 0 Å². The second kappa shape index (κ2) is 5.23. The maximum absolute atomic E-state index is 12.6. The zero-order chi connectivity index (χ0) is 16.8. The molecule has 0 saturated carbocycles. The first-order valence-electron chi connectivity index (χ1n) is 7.77. The Kier molecular flexibility index (Phi) is 3.16. The Morgan fingerprint density at radius 1 is 1.17 bits per heavy atom. The summed E-state index contributed by atoms with van der Waals surface area (Å²) in [5, 5.41) is 17.1. The van der Waals surface area contributed by atoms with Gasteiger partial charge in [-0.2, -0.15) is 5.10 Å². The Labute approximate surface area is 139 Å². The topological polar surface area (TPSA) is 69.2 Å². The molecule has 0 fully saturated rings. The number of aromatic nitrogens is 2. The molecule has 1 aromatic heterocycles. The molecule has 0 saturated heterocycles. The molecule has 1 amide bonds. The van der Waals surface area contributed by atoms with Crippen molar-refractivity contribution in [3.05, 3.63) is 70.9 Å². The Morgan fingerprint density at radius 3 is 2.62 bits per heavy atom. The molecule has 0 bridgehead atoms. The normalized spacial score (nSPS) is 16.5. The van der Waals surface area contributed by atoms with Gasteiger partial charge in [0.05, 0.1) is 11.7 Å². The Morgan fingerprint density at radius 2 is 1.92 bits per heavy atom. The molecule has 120 valence electrons. The van der Waals surface area contributed by atoms with Crippen molar-refractivity contribution < 1.29 is 9.90 Å². The molecule has 0 radical (unpaired) electrons. The van der Waals surface area contributed by atoms with Gasteiger partial charge in [0.1, 0.15) is 11.4 Å². The van der Waals surface area contributed by atoms with E-state index in [9.17, 15) is 9.90 Å². The first kappa shape index (κ1) is 14.5. The molecule has 1 aliphatic heterocycles. The third kappa shape index (κ3) is 2.09. The van der Waals surface area contributed by atoms with Crippen molar-refractivity contribution in [2.24, 2.45) is 0 Å². The lowest BCUT2D eigenvalue weighted by molar-refractivity contribution is 0.0787. The van der Waals surface area contributed by atoms with E-state index in [0.29, 0.717) is 5.69 Å². The van der Waals surface area contributed by atoms with E-state index in [2.05, 4.69) is 10.2 Å². The van der Waals surface area contributed by atoms with Gasteiger partial charge in [0.2, 0.25) is 0 Å². The lowest BCUT2D eigenvalue weighted by Crippen LogP contribution is -2.24. The standard InChI is InChI=1S/C19H17N3O2/c1-11-6-8-12(9-7-11)16-15-17(21-20-16)19(24)22(2)18(15)13-4-3-5-14(23)10-13/h3-10,18,23H,1-2H3,(H,20,21). The molecule has 0 spiro atoms. The van der Waals surface area contributed by atoms with E-state index >= 15 is 0 Å². The number of phenols is 1. The minimum atomic E-state index is -0.269. The number of nitrogens with zero attached hydrogens (tertiary/aromatic N) is 2. The Hall–Kier alpha value is -3.08. The van der Waals surface area contributed by atoms with Crippen LogP contribution in [0.25, 0.3) is 11.3 Å². The predicted octanol–water partition coefficient (Wildman–Crippen LogP) is 3.27. The van der Waals surface area contributed by atoms with Gasteiger partial charge in [-0.3, -0.25) is 9.89 Å². The summed E-state index contributed by atoms with van der Waals surface area (Å²) in [7, 11) is 1.77. The molecule has 1 unspecified atom stereocenters. The first-order chi connectivity index (χ1) is 11.6. The smallest absolute Gasteiger partial charge is 0.272 e. The van der Waals surface area contributed by atoms with E-state index in [0.717, 1.165) is 22.4 Å². The second-order valence-electron chi connectivity index (χ2n) is 6.14. The van der Waals surface area contributed by atoms with Gasteiger partial charge in [0.15, 0.2) is 0 Å². The number of phenolic OH excluding ortho intramolecular Hbond substituents is 1. The fourth-order valence-corrected chi connectivity index (χ4v) is 3.28. The van der Waals surface area contributed by atoms with Crippen molar-refractivity contribution in [2.75, 3.05) is 7.05 Å². The lowest BCUT2D eigenvalue weighted by Gasteiger charge is -2.22. The number of H-pyrrole nitrogens is 1. The van der Waals surface area contributed by atoms with Crippen LogP contribution in [0, 0.1) is 6.92 Å². The van der Waals surface area contributed by atoms with Crippen LogP contribution in [0.1, 0.15) is 33.2 Å². The van der Waals surface area contributed by atoms with Gasteiger partial charge in [-0.25, -0.2) is 0 Å². The highest BCUT2D eigenvalue weighted by Crippen LogP contribution is 2.42. The number of nitrogens with one attached hydrogen (secondary N) is 1. The minimum absolute atomic E-state index is 0.0933. The summed E-state index contributed by atoms with van der Waals surface area (Å²) in [6.45, 7) is 2.03. The molecule has 24 heavy (non-hydrogen) atoms. The number of hydrogen-bond donors (Lipinski definition) is 2. The van der Waals surface area contributed by atoms with Crippen LogP contribution in [0.2, 0.25) is 0 Å². The third-order valence-corrected chi connectivity index (χ3v) is 4.51. The summed E-state index contributed by atoms with van der Waals surface area (Å²) in [4.78, 5) is 14.2. The van der Waals surface area contributed by atoms with Crippen molar-refractivity contribution >= 4 is 5.91 Å². The van der Waals surface area contributed by atoms with Crippen LogP contribution < -0.4 is 0 Å². The summed E-state index contributed by atoms with van der Waals surface area (Å²) in [5.41, 5.74) is 5.14. The molecular formula is C19H17N3O2. The quantitative estimate of drug-likeness (QED) is 0.761. The number of benzene rings is 2. The molecule has 5 heteroatoms. The molecule has 0 aliphatic carbocycles. The number of carbonyl (C=O) groups is 1. The lowest BCUT2D eigenvalue weighted by atomic mass is 9.96. The molecule has 2 N–H and O–H groups in total. The van der Waals surface area contributed by atoms with Crippen LogP contribution in [0.5, 0.6) is 5.75 Å². The molecule has 3 aromatic rings. The number of carbonyl (C=O) groups excluding carboxylic acids is 1. The SMILES string of the molecule is Cc1ccc(-c2n[nH]c3c2C(c2cccc(O)c2)N(C)C3=O)cc1. The Bertz CT molecular complexity index is 928. The van der Waals surface area contributed by atoms with Gasteiger partial charge in [-0.05, 0) is 24.6 Å². The van der Waals surface area contributed by atoms with E-state index in [1.54, 1.807) is 30.1 Å². The minimum Gasteiger partial charge on any atom is -0.508 e. The number of rotatable bonds is 2. The van der Waals surface area contributed by atoms with Crippen molar-refractivity contribution in [1.29, 1.82) is 0 Å². The van der Waals surface area contributed by atoms with E-state index in [1.165, 1.54) is 5.56 Å². The highest BCUT2D eigenvalue weighted by Gasteiger charge is 2.40. The highest BCUT2D eigenvalue weighted by molar-refractivity contribution is 6.00. The van der Waals surface area contributed by atoms with Crippen LogP contribution in [-0.4, -0.2) is 33.2 Å². The second-order valence-corrected chi connectivity index (χ2v) is 6.14. The van der Waals surface area contributed by atoms with Crippen LogP contribution >= 0.6 is 0 Å². The van der Waals surface area contributed by atoms with Gasteiger partial charge in [-0.1, -0.05) is 42.0 Å². The van der Waals surface area contributed by atoms with E-state index in [1.807, 2.05) is 37.3 Å². The number of amides is 1. The van der Waals surface area contributed by atoms with Crippen molar-refractivity contribution in [1.82, 2.24) is 15.1 Å². The molecule has 2 aromatic carbocycles. The van der Waals surface area contributed by atoms with Crippen molar-refractivity contribution in [3.63, 3.8) is 0 Å². The molecule has 4 rings (SSSR count). The van der Waals surface area contributed by atoms with Crippen molar-refractivity contribution in [3.8, 4) is 17.0 Å². The van der Waals surface area contributed by atoms with Gasteiger partial charge in [0.25, 0.3) is 5.91 Å². The average Bonchev–Trinajstić information content (AvgIpc) is 3.09. The fraction of sp³-hybridized carbons (Fsp3) is 0.158. The van der Waals surface area contributed by atoms with Gasteiger partial charge >= 0.3 is 0 Å². The van der Waals surface area contributed by atoms with Crippen LogP contribution in [0.15, 0.2) is 48.5 Å². The summed E-state index contributed by atoms with van der Waals surface area (Å²) >= 11 is 0. The van der Waals surface area contributed by atoms with E-state index in [4.69, 9.17) is 0 Å².